The number of thioether (sulfide) groups is 1. The van der Waals surface area contributed by atoms with E-state index in [-0.39, 0.29) is 17.5 Å². The fourth-order valence-electron chi connectivity index (χ4n) is 3.02. The Kier molecular flexibility index (Phi) is 6.83. The Labute approximate surface area is 192 Å². The number of halogens is 1. The number of rotatable bonds is 9. The lowest BCUT2D eigenvalue weighted by molar-refractivity contribution is -0.113. The number of methoxy groups -OCH3 is 2. The molecule has 0 aliphatic carbocycles. The Hall–Kier alpha value is -3.93. The molecule has 2 heterocycles. The molecule has 0 atom stereocenters. The average molecular weight is 470 g/mol. The highest BCUT2D eigenvalue weighted by Crippen LogP contribution is 2.29. The first kappa shape index (κ1) is 22.3. The topological polar surface area (TPSA) is 109 Å². The largest absolute Gasteiger partial charge is 0.497 e. The van der Waals surface area contributed by atoms with Gasteiger partial charge in [-0.25, -0.2) is 9.07 Å². The summed E-state index contributed by atoms with van der Waals surface area (Å²) in [4.78, 5) is 12.6. The maximum absolute atomic E-state index is 13.1. The molecular formula is C21H20FN7O3S. The first-order chi connectivity index (χ1) is 16.1. The van der Waals surface area contributed by atoms with Gasteiger partial charge in [-0.3, -0.25) is 4.79 Å². The van der Waals surface area contributed by atoms with Crippen LogP contribution in [0.25, 0.3) is 5.69 Å². The number of tetrazole rings is 1. The number of carbonyl (C=O) groups is 1. The molecule has 0 aliphatic heterocycles. The highest BCUT2D eigenvalue weighted by Gasteiger charge is 2.16. The van der Waals surface area contributed by atoms with E-state index in [2.05, 4.69) is 25.9 Å². The number of anilines is 1. The third-order valence-corrected chi connectivity index (χ3v) is 5.54. The summed E-state index contributed by atoms with van der Waals surface area (Å²) in [6.07, 6.45) is 1.59. The first-order valence-electron chi connectivity index (χ1n) is 9.77. The van der Waals surface area contributed by atoms with Crippen molar-refractivity contribution in [2.24, 2.45) is 0 Å². The van der Waals surface area contributed by atoms with Crippen molar-refractivity contribution in [2.45, 2.75) is 11.7 Å². The minimum Gasteiger partial charge on any atom is -0.497 e. The molecule has 10 nitrogen and oxygen atoms in total. The monoisotopic (exact) mass is 469 g/mol. The molecule has 0 unspecified atom stereocenters. The van der Waals surface area contributed by atoms with Crippen LogP contribution in [0.5, 0.6) is 11.5 Å². The number of nitrogens with one attached hydrogen (secondary N) is 1. The fraction of sp³-hybridized carbons (Fsp3) is 0.190. The maximum Gasteiger partial charge on any atom is 0.235 e. The van der Waals surface area contributed by atoms with Crippen molar-refractivity contribution in [1.29, 1.82) is 0 Å². The zero-order valence-electron chi connectivity index (χ0n) is 17.8. The highest BCUT2D eigenvalue weighted by atomic mass is 32.2. The van der Waals surface area contributed by atoms with Crippen LogP contribution in [0.1, 0.15) is 5.56 Å². The van der Waals surface area contributed by atoms with Gasteiger partial charge >= 0.3 is 0 Å². The average Bonchev–Trinajstić information content (AvgIpc) is 3.48. The third kappa shape index (κ3) is 5.29. The predicted molar refractivity (Wildman–Crippen MR) is 119 cm³/mol. The van der Waals surface area contributed by atoms with E-state index in [1.54, 1.807) is 54.4 Å². The number of benzene rings is 2. The van der Waals surface area contributed by atoms with Crippen LogP contribution >= 0.6 is 11.8 Å². The van der Waals surface area contributed by atoms with Gasteiger partial charge in [0, 0.05) is 12.1 Å². The summed E-state index contributed by atoms with van der Waals surface area (Å²) in [7, 11) is 3.11. The molecule has 0 aliphatic rings. The molecule has 12 heteroatoms. The van der Waals surface area contributed by atoms with Crippen molar-refractivity contribution in [3.05, 3.63) is 66.1 Å². The second-order valence-electron chi connectivity index (χ2n) is 6.75. The summed E-state index contributed by atoms with van der Waals surface area (Å²) in [5.74, 6) is 1.20. The van der Waals surface area contributed by atoms with Crippen LogP contribution in [-0.2, 0) is 11.3 Å². The molecule has 0 saturated carbocycles. The summed E-state index contributed by atoms with van der Waals surface area (Å²) in [6, 6.07) is 13.1. The lowest BCUT2D eigenvalue weighted by atomic mass is 10.2. The van der Waals surface area contributed by atoms with E-state index in [1.807, 2.05) is 0 Å². The molecule has 0 fully saturated rings. The number of ether oxygens (including phenoxy) is 2. The summed E-state index contributed by atoms with van der Waals surface area (Å²) in [5.41, 5.74) is 1.47. The maximum atomic E-state index is 13.1. The molecule has 0 saturated heterocycles. The zero-order valence-corrected chi connectivity index (χ0v) is 18.6. The van der Waals surface area contributed by atoms with Crippen LogP contribution in [0.15, 0.2) is 59.9 Å². The Bertz CT molecular complexity index is 1240. The number of aromatic nitrogens is 6. The lowest BCUT2D eigenvalue weighted by Gasteiger charge is -2.11. The first-order valence-corrected chi connectivity index (χ1v) is 10.8. The number of hydrogen-bond donors (Lipinski definition) is 1. The van der Waals surface area contributed by atoms with E-state index in [0.717, 1.165) is 5.56 Å². The quantitative estimate of drug-likeness (QED) is 0.373. The molecule has 1 amide bonds. The van der Waals surface area contributed by atoms with Gasteiger partial charge in [-0.2, -0.15) is 9.78 Å². The molecule has 4 aromatic rings. The van der Waals surface area contributed by atoms with E-state index in [4.69, 9.17) is 9.47 Å². The van der Waals surface area contributed by atoms with Crippen LogP contribution in [0.2, 0.25) is 0 Å². The summed E-state index contributed by atoms with van der Waals surface area (Å²) in [6.45, 7) is 0.394. The molecular weight excluding hydrogens is 449 g/mol. The highest BCUT2D eigenvalue weighted by molar-refractivity contribution is 7.99. The predicted octanol–water partition coefficient (Wildman–Crippen LogP) is 2.79. The molecule has 0 radical (unpaired) electrons. The van der Waals surface area contributed by atoms with Crippen LogP contribution < -0.4 is 14.8 Å². The van der Waals surface area contributed by atoms with Gasteiger partial charge in [0.25, 0.3) is 0 Å². The smallest absolute Gasteiger partial charge is 0.235 e. The normalized spacial score (nSPS) is 10.8. The number of carbonyl (C=O) groups excluding carboxylic acids is 1. The van der Waals surface area contributed by atoms with Crippen molar-refractivity contribution in [3.63, 3.8) is 0 Å². The second-order valence-corrected chi connectivity index (χ2v) is 7.69. The number of nitrogens with zero attached hydrogens (tertiary/aromatic N) is 6. The molecule has 33 heavy (non-hydrogen) atoms. The van der Waals surface area contributed by atoms with E-state index < -0.39 is 0 Å². The van der Waals surface area contributed by atoms with Crippen molar-refractivity contribution in [1.82, 2.24) is 30.0 Å². The Morgan fingerprint density at radius 1 is 1.12 bits per heavy atom. The van der Waals surface area contributed by atoms with E-state index >= 15 is 0 Å². The van der Waals surface area contributed by atoms with E-state index in [0.29, 0.717) is 34.7 Å². The minimum atomic E-state index is -0.306. The van der Waals surface area contributed by atoms with Crippen LogP contribution in [0.4, 0.5) is 10.2 Å². The molecule has 170 valence electrons. The second kappa shape index (κ2) is 10.1. The Morgan fingerprint density at radius 2 is 1.94 bits per heavy atom. The van der Waals surface area contributed by atoms with Crippen molar-refractivity contribution < 1.29 is 18.7 Å². The van der Waals surface area contributed by atoms with Gasteiger partial charge in [-0.1, -0.05) is 23.9 Å². The van der Waals surface area contributed by atoms with Crippen LogP contribution in [0.3, 0.4) is 0 Å². The third-order valence-electron chi connectivity index (χ3n) is 4.62. The van der Waals surface area contributed by atoms with Gasteiger partial charge in [0.15, 0.2) is 0 Å². The summed E-state index contributed by atoms with van der Waals surface area (Å²) in [5, 5.41) is 19.2. The van der Waals surface area contributed by atoms with Crippen molar-refractivity contribution in [3.8, 4) is 17.2 Å². The van der Waals surface area contributed by atoms with E-state index in [1.165, 1.54) is 35.7 Å². The lowest BCUT2D eigenvalue weighted by Crippen LogP contribution is -2.18. The van der Waals surface area contributed by atoms with Crippen molar-refractivity contribution in [2.75, 3.05) is 25.3 Å². The van der Waals surface area contributed by atoms with Gasteiger partial charge in [0.1, 0.15) is 28.8 Å². The number of hydrogen-bond acceptors (Lipinski definition) is 8. The standard InChI is InChI=1S/C21H20FN7O3S/c1-31-16-7-8-17(18(11-16)32-2)29-21(25-26-27-29)33-13-20(30)24-19-9-10-23-28(19)12-14-3-5-15(22)6-4-14/h3-11H,12-13H2,1-2H3,(H,24,30). The van der Waals surface area contributed by atoms with Crippen molar-refractivity contribution >= 4 is 23.5 Å². The molecule has 0 spiro atoms. The SMILES string of the molecule is COc1ccc(-n2nnnc2SCC(=O)Nc2ccnn2Cc2ccc(F)cc2)c(OC)c1. The van der Waals surface area contributed by atoms with Crippen LogP contribution in [-0.4, -0.2) is 55.9 Å². The van der Waals surface area contributed by atoms with Gasteiger partial charge in [-0.15, -0.1) is 5.10 Å². The molecule has 4 rings (SSSR count). The van der Waals surface area contributed by atoms with E-state index in [9.17, 15) is 9.18 Å². The summed E-state index contributed by atoms with van der Waals surface area (Å²) < 4.78 is 26.9. The zero-order chi connectivity index (χ0) is 23.2. The Morgan fingerprint density at radius 3 is 2.70 bits per heavy atom. The fourth-order valence-corrected chi connectivity index (χ4v) is 3.70. The number of amides is 1. The van der Waals surface area contributed by atoms with Gasteiger partial charge in [-0.05, 0) is 40.3 Å². The summed E-state index contributed by atoms with van der Waals surface area (Å²) >= 11 is 1.18. The Balaban J connectivity index is 1.41. The van der Waals surface area contributed by atoms with Gasteiger partial charge in [0.2, 0.25) is 11.1 Å². The molecule has 0 bridgehead atoms. The van der Waals surface area contributed by atoms with Gasteiger partial charge < -0.3 is 14.8 Å². The van der Waals surface area contributed by atoms with Crippen LogP contribution in [0, 0.1) is 5.82 Å². The molecule has 2 aromatic heterocycles. The van der Waals surface area contributed by atoms with Gasteiger partial charge in [0.05, 0.1) is 32.7 Å². The molecule has 2 aromatic carbocycles. The molecule has 1 N–H and O–H groups in total. The minimum absolute atomic E-state index is 0.0700.